The Bertz CT molecular complexity index is 558. The van der Waals surface area contributed by atoms with Crippen molar-refractivity contribution in [2.24, 2.45) is 0 Å². The third-order valence-electron chi connectivity index (χ3n) is 3.18. The molecule has 2 aromatic heterocycles. The molecule has 0 aliphatic carbocycles. The summed E-state index contributed by atoms with van der Waals surface area (Å²) in [5.74, 6) is -1.85. The Morgan fingerprint density at radius 3 is 2.67 bits per heavy atom. The number of halogens is 2. The first-order valence-corrected chi connectivity index (χ1v) is 5.84. The Morgan fingerprint density at radius 1 is 1.11 bits per heavy atom. The van der Waals surface area contributed by atoms with Gasteiger partial charge in [0.2, 0.25) is 0 Å². The normalized spacial score (nSPS) is 19.1. The molecule has 0 N–H and O–H groups in total. The standard InChI is InChI=1S/C12H12F2N4/c13-12(14)3-6-18(7-4-12)11-9-2-1-5-15-10(9)16-8-17-11/h1-2,5,8H,3-4,6-7H2. The van der Waals surface area contributed by atoms with Gasteiger partial charge in [0.25, 0.3) is 5.92 Å². The number of rotatable bonds is 1. The Hall–Kier alpha value is -1.85. The molecule has 1 fully saturated rings. The molecular weight excluding hydrogens is 238 g/mol. The van der Waals surface area contributed by atoms with E-state index in [-0.39, 0.29) is 12.8 Å². The zero-order chi connectivity index (χ0) is 12.6. The molecule has 0 unspecified atom stereocenters. The lowest BCUT2D eigenvalue weighted by Crippen LogP contribution is -2.39. The number of piperidine rings is 1. The lowest BCUT2D eigenvalue weighted by Gasteiger charge is -2.32. The molecule has 0 atom stereocenters. The minimum absolute atomic E-state index is 0.126. The quantitative estimate of drug-likeness (QED) is 0.778. The van der Waals surface area contributed by atoms with E-state index in [4.69, 9.17) is 0 Å². The number of fused-ring (bicyclic) bond motifs is 1. The largest absolute Gasteiger partial charge is 0.356 e. The number of nitrogens with zero attached hydrogens (tertiary/aromatic N) is 4. The second kappa shape index (κ2) is 4.12. The number of anilines is 1. The molecule has 1 aliphatic rings. The average Bonchev–Trinajstić information content (AvgIpc) is 2.38. The Labute approximate surface area is 103 Å². The molecule has 2 aromatic rings. The van der Waals surface area contributed by atoms with E-state index in [2.05, 4.69) is 15.0 Å². The zero-order valence-electron chi connectivity index (χ0n) is 9.68. The first kappa shape index (κ1) is 11.3. The maximum Gasteiger partial charge on any atom is 0.251 e. The summed E-state index contributed by atoms with van der Waals surface area (Å²) >= 11 is 0. The fourth-order valence-electron chi connectivity index (χ4n) is 2.18. The summed E-state index contributed by atoms with van der Waals surface area (Å²) in [5.41, 5.74) is 0.597. The van der Waals surface area contributed by atoms with Gasteiger partial charge in [0.1, 0.15) is 12.1 Å². The fraction of sp³-hybridized carbons (Fsp3) is 0.417. The number of hydrogen-bond acceptors (Lipinski definition) is 4. The second-order valence-corrected chi connectivity index (χ2v) is 4.41. The van der Waals surface area contributed by atoms with Crippen LogP contribution in [0.2, 0.25) is 0 Å². The number of hydrogen-bond donors (Lipinski definition) is 0. The third-order valence-corrected chi connectivity index (χ3v) is 3.18. The van der Waals surface area contributed by atoms with E-state index < -0.39 is 5.92 Å². The molecule has 3 rings (SSSR count). The molecule has 0 radical (unpaired) electrons. The van der Waals surface area contributed by atoms with Crippen molar-refractivity contribution in [3.05, 3.63) is 24.7 Å². The molecular formula is C12H12F2N4. The Kier molecular flexibility index (Phi) is 2.57. The number of aromatic nitrogens is 3. The van der Waals surface area contributed by atoms with Crippen molar-refractivity contribution in [1.82, 2.24) is 15.0 Å². The van der Waals surface area contributed by atoms with E-state index >= 15 is 0 Å². The van der Waals surface area contributed by atoms with Crippen LogP contribution in [0.1, 0.15) is 12.8 Å². The van der Waals surface area contributed by atoms with Gasteiger partial charge in [-0.15, -0.1) is 0 Å². The summed E-state index contributed by atoms with van der Waals surface area (Å²) in [6.07, 6.45) is 2.83. The lowest BCUT2D eigenvalue weighted by molar-refractivity contribution is -0.0221. The van der Waals surface area contributed by atoms with Crippen LogP contribution in [-0.2, 0) is 0 Å². The van der Waals surface area contributed by atoms with E-state index in [1.807, 2.05) is 11.0 Å². The summed E-state index contributed by atoms with van der Waals surface area (Å²) in [4.78, 5) is 14.3. The van der Waals surface area contributed by atoms with Gasteiger partial charge in [-0.1, -0.05) is 0 Å². The molecule has 0 spiro atoms. The van der Waals surface area contributed by atoms with Crippen LogP contribution in [-0.4, -0.2) is 34.0 Å². The van der Waals surface area contributed by atoms with Gasteiger partial charge in [0.05, 0.1) is 5.39 Å². The molecule has 0 aromatic carbocycles. The van der Waals surface area contributed by atoms with Gasteiger partial charge >= 0.3 is 0 Å². The van der Waals surface area contributed by atoms with Crippen LogP contribution in [0.15, 0.2) is 24.7 Å². The van der Waals surface area contributed by atoms with Gasteiger partial charge < -0.3 is 4.90 Å². The fourth-order valence-corrected chi connectivity index (χ4v) is 2.18. The topological polar surface area (TPSA) is 41.9 Å². The van der Waals surface area contributed by atoms with Crippen molar-refractivity contribution in [3.63, 3.8) is 0 Å². The van der Waals surface area contributed by atoms with E-state index in [0.29, 0.717) is 24.6 Å². The van der Waals surface area contributed by atoms with Crippen LogP contribution in [0, 0.1) is 0 Å². The zero-order valence-corrected chi connectivity index (χ0v) is 9.68. The van der Waals surface area contributed by atoms with Crippen molar-refractivity contribution in [2.75, 3.05) is 18.0 Å². The van der Waals surface area contributed by atoms with Crippen molar-refractivity contribution >= 4 is 16.9 Å². The molecule has 1 saturated heterocycles. The van der Waals surface area contributed by atoms with Crippen molar-refractivity contribution in [3.8, 4) is 0 Å². The van der Waals surface area contributed by atoms with Crippen LogP contribution in [0.3, 0.4) is 0 Å². The van der Waals surface area contributed by atoms with E-state index in [0.717, 1.165) is 5.39 Å². The molecule has 1 aliphatic heterocycles. The summed E-state index contributed by atoms with van der Waals surface area (Å²) in [5, 5.41) is 0.810. The van der Waals surface area contributed by atoms with Crippen LogP contribution < -0.4 is 4.90 Å². The minimum atomic E-state index is -2.54. The van der Waals surface area contributed by atoms with E-state index in [1.165, 1.54) is 6.33 Å². The summed E-state index contributed by atoms with van der Waals surface area (Å²) in [7, 11) is 0. The summed E-state index contributed by atoms with van der Waals surface area (Å²) in [6, 6.07) is 3.66. The molecule has 0 saturated carbocycles. The maximum absolute atomic E-state index is 13.1. The second-order valence-electron chi connectivity index (χ2n) is 4.41. The molecule has 18 heavy (non-hydrogen) atoms. The molecule has 0 amide bonds. The monoisotopic (exact) mass is 250 g/mol. The highest BCUT2D eigenvalue weighted by Crippen LogP contribution is 2.31. The van der Waals surface area contributed by atoms with Crippen LogP contribution in [0.4, 0.5) is 14.6 Å². The molecule has 94 valence electrons. The van der Waals surface area contributed by atoms with Crippen molar-refractivity contribution < 1.29 is 8.78 Å². The van der Waals surface area contributed by atoms with Gasteiger partial charge in [-0.2, -0.15) is 0 Å². The van der Waals surface area contributed by atoms with Gasteiger partial charge in [0, 0.05) is 32.1 Å². The van der Waals surface area contributed by atoms with Crippen molar-refractivity contribution in [1.29, 1.82) is 0 Å². The average molecular weight is 250 g/mol. The summed E-state index contributed by atoms with van der Waals surface area (Å²) in [6.45, 7) is 0.627. The highest BCUT2D eigenvalue weighted by atomic mass is 19.3. The van der Waals surface area contributed by atoms with Crippen LogP contribution in [0.25, 0.3) is 11.0 Å². The predicted octanol–water partition coefficient (Wildman–Crippen LogP) is 2.26. The van der Waals surface area contributed by atoms with Crippen LogP contribution in [0.5, 0.6) is 0 Å². The van der Waals surface area contributed by atoms with Crippen molar-refractivity contribution in [2.45, 2.75) is 18.8 Å². The maximum atomic E-state index is 13.1. The smallest absolute Gasteiger partial charge is 0.251 e. The Balaban J connectivity index is 1.96. The molecule has 6 heteroatoms. The third kappa shape index (κ3) is 1.98. The van der Waals surface area contributed by atoms with Gasteiger partial charge in [-0.05, 0) is 12.1 Å². The highest BCUT2D eigenvalue weighted by Gasteiger charge is 2.34. The predicted molar refractivity (Wildman–Crippen MR) is 63.7 cm³/mol. The van der Waals surface area contributed by atoms with E-state index in [9.17, 15) is 8.78 Å². The summed E-state index contributed by atoms with van der Waals surface area (Å²) < 4.78 is 26.3. The first-order chi connectivity index (χ1) is 8.66. The van der Waals surface area contributed by atoms with Gasteiger partial charge in [-0.3, -0.25) is 0 Å². The highest BCUT2D eigenvalue weighted by molar-refractivity contribution is 5.86. The molecule has 4 nitrogen and oxygen atoms in total. The van der Waals surface area contributed by atoms with E-state index in [1.54, 1.807) is 12.3 Å². The first-order valence-electron chi connectivity index (χ1n) is 5.84. The molecule has 3 heterocycles. The Morgan fingerprint density at radius 2 is 1.89 bits per heavy atom. The minimum Gasteiger partial charge on any atom is -0.356 e. The van der Waals surface area contributed by atoms with Crippen LogP contribution >= 0.6 is 0 Å². The van der Waals surface area contributed by atoms with Gasteiger partial charge in [-0.25, -0.2) is 23.7 Å². The SMILES string of the molecule is FC1(F)CCN(c2ncnc3ncccc23)CC1. The lowest BCUT2D eigenvalue weighted by atomic mass is 10.1. The molecule has 0 bridgehead atoms. The number of alkyl halides is 2. The van der Waals surface area contributed by atoms with Gasteiger partial charge in [0.15, 0.2) is 5.65 Å². The number of pyridine rings is 1.